The van der Waals surface area contributed by atoms with Crippen LogP contribution in [0.4, 0.5) is 0 Å². The Morgan fingerprint density at radius 1 is 1.38 bits per heavy atom. The van der Waals surface area contributed by atoms with E-state index in [0.29, 0.717) is 0 Å². The predicted molar refractivity (Wildman–Crippen MR) is 72.1 cm³/mol. The van der Waals surface area contributed by atoms with Gasteiger partial charge in [-0.3, -0.25) is 0 Å². The third-order valence-electron chi connectivity index (χ3n) is 2.78. The van der Waals surface area contributed by atoms with Crippen molar-refractivity contribution in [2.24, 2.45) is 5.92 Å². The van der Waals surface area contributed by atoms with E-state index < -0.39 is 0 Å². The van der Waals surface area contributed by atoms with Crippen LogP contribution in [0.1, 0.15) is 5.01 Å². The number of fused-ring (bicyclic) bond motifs is 1. The third-order valence-corrected chi connectivity index (χ3v) is 5.19. The lowest BCUT2D eigenvalue weighted by Gasteiger charge is -2.26. The van der Waals surface area contributed by atoms with Crippen LogP contribution >= 0.6 is 23.1 Å². The molecule has 0 atom stereocenters. The minimum atomic E-state index is 0.888. The summed E-state index contributed by atoms with van der Waals surface area (Å²) in [4.78, 5) is 4.64. The lowest BCUT2D eigenvalue weighted by Crippen LogP contribution is -2.43. The highest BCUT2D eigenvalue weighted by Crippen LogP contribution is 2.25. The van der Waals surface area contributed by atoms with Crippen LogP contribution in [0, 0.1) is 5.92 Å². The second-order valence-electron chi connectivity index (χ2n) is 4.11. The lowest BCUT2D eigenvalue weighted by atomic mass is 10.1. The van der Waals surface area contributed by atoms with E-state index in [1.807, 2.05) is 23.1 Å². The molecule has 1 saturated heterocycles. The Bertz CT molecular complexity index is 444. The minimum absolute atomic E-state index is 0.888. The summed E-state index contributed by atoms with van der Waals surface area (Å²) in [5.74, 6) is 3.22. The van der Waals surface area contributed by atoms with Crippen molar-refractivity contribution in [1.82, 2.24) is 10.3 Å². The molecule has 0 aliphatic carbocycles. The highest BCUT2D eigenvalue weighted by molar-refractivity contribution is 7.98. The topological polar surface area (TPSA) is 24.9 Å². The molecule has 2 aromatic rings. The van der Waals surface area contributed by atoms with Gasteiger partial charge in [-0.2, -0.15) is 11.8 Å². The number of nitrogens with zero attached hydrogens (tertiary/aromatic N) is 1. The lowest BCUT2D eigenvalue weighted by molar-refractivity contribution is 0.385. The quantitative estimate of drug-likeness (QED) is 0.903. The van der Waals surface area contributed by atoms with Gasteiger partial charge in [-0.15, -0.1) is 11.3 Å². The van der Waals surface area contributed by atoms with Crippen LogP contribution in [0.15, 0.2) is 24.3 Å². The first kappa shape index (κ1) is 10.6. The molecule has 2 heterocycles. The van der Waals surface area contributed by atoms with Crippen molar-refractivity contribution in [1.29, 1.82) is 0 Å². The van der Waals surface area contributed by atoms with Gasteiger partial charge in [0.05, 0.1) is 10.2 Å². The van der Waals surface area contributed by atoms with E-state index in [-0.39, 0.29) is 0 Å². The molecule has 1 aliphatic heterocycles. The molecule has 0 saturated carbocycles. The number of para-hydroxylation sites is 1. The van der Waals surface area contributed by atoms with Gasteiger partial charge < -0.3 is 5.32 Å². The third kappa shape index (κ3) is 2.24. The van der Waals surface area contributed by atoms with Gasteiger partial charge in [0, 0.05) is 5.75 Å². The summed E-state index contributed by atoms with van der Waals surface area (Å²) in [6.07, 6.45) is 0. The Morgan fingerprint density at radius 2 is 2.25 bits per heavy atom. The monoisotopic (exact) mass is 250 g/mol. The summed E-state index contributed by atoms with van der Waals surface area (Å²) in [6.45, 7) is 2.40. The van der Waals surface area contributed by atoms with Crippen molar-refractivity contribution in [2.45, 2.75) is 5.75 Å². The molecule has 0 amide bonds. The van der Waals surface area contributed by atoms with Crippen LogP contribution in [0.3, 0.4) is 0 Å². The van der Waals surface area contributed by atoms with Crippen molar-refractivity contribution in [3.63, 3.8) is 0 Å². The number of aromatic nitrogens is 1. The maximum atomic E-state index is 4.64. The van der Waals surface area contributed by atoms with Crippen molar-refractivity contribution in [3.05, 3.63) is 29.3 Å². The minimum Gasteiger partial charge on any atom is -0.316 e. The Kier molecular flexibility index (Phi) is 3.13. The van der Waals surface area contributed by atoms with Crippen LogP contribution in [0.2, 0.25) is 0 Å². The number of thiazole rings is 1. The standard InChI is InChI=1S/C12H14N2S2/c1-2-4-11-10(3-1)14-12(16-11)8-15-7-9-5-13-6-9/h1-4,9,13H,5-8H2. The molecule has 1 aromatic carbocycles. The second-order valence-corrected chi connectivity index (χ2v) is 6.26. The zero-order chi connectivity index (χ0) is 10.8. The number of thioether (sulfide) groups is 1. The van der Waals surface area contributed by atoms with Gasteiger partial charge >= 0.3 is 0 Å². The van der Waals surface area contributed by atoms with Gasteiger partial charge in [-0.1, -0.05) is 12.1 Å². The smallest absolute Gasteiger partial charge is 0.104 e. The van der Waals surface area contributed by atoms with Gasteiger partial charge in [0.25, 0.3) is 0 Å². The van der Waals surface area contributed by atoms with Crippen LogP contribution in [0.25, 0.3) is 10.2 Å². The molecule has 3 rings (SSSR count). The van der Waals surface area contributed by atoms with Crippen molar-refractivity contribution in [2.75, 3.05) is 18.8 Å². The van der Waals surface area contributed by atoms with E-state index in [1.165, 1.54) is 28.5 Å². The second kappa shape index (κ2) is 4.73. The number of benzene rings is 1. The maximum absolute atomic E-state index is 4.64. The normalized spacial score (nSPS) is 16.5. The molecular formula is C12H14N2S2. The van der Waals surface area contributed by atoms with Gasteiger partial charge in [0.1, 0.15) is 5.01 Å². The van der Waals surface area contributed by atoms with Crippen molar-refractivity contribution < 1.29 is 0 Å². The summed E-state index contributed by atoms with van der Waals surface area (Å²) in [7, 11) is 0. The number of nitrogens with one attached hydrogen (secondary N) is 1. The van der Waals surface area contributed by atoms with Gasteiger partial charge in [0.2, 0.25) is 0 Å². The van der Waals surface area contributed by atoms with E-state index >= 15 is 0 Å². The first-order valence-corrected chi connectivity index (χ1v) is 7.52. The fraction of sp³-hybridized carbons (Fsp3) is 0.417. The Hall–Kier alpha value is -0.580. The Balaban J connectivity index is 1.60. The molecule has 1 fully saturated rings. The fourth-order valence-corrected chi connectivity index (χ4v) is 3.94. The Labute approximate surface area is 103 Å². The molecule has 1 N–H and O–H groups in total. The molecule has 0 spiro atoms. The molecule has 1 aliphatic rings. The zero-order valence-electron chi connectivity index (χ0n) is 8.98. The van der Waals surface area contributed by atoms with Crippen LogP contribution in [-0.2, 0) is 5.75 Å². The van der Waals surface area contributed by atoms with Gasteiger partial charge in [-0.25, -0.2) is 4.98 Å². The van der Waals surface area contributed by atoms with Crippen LogP contribution < -0.4 is 5.32 Å². The van der Waals surface area contributed by atoms with Gasteiger partial charge in [-0.05, 0) is 36.9 Å². The number of hydrogen-bond acceptors (Lipinski definition) is 4. The predicted octanol–water partition coefficient (Wildman–Crippen LogP) is 2.75. The van der Waals surface area contributed by atoms with Crippen molar-refractivity contribution >= 4 is 33.3 Å². The first-order valence-electron chi connectivity index (χ1n) is 5.55. The van der Waals surface area contributed by atoms with Crippen LogP contribution in [-0.4, -0.2) is 23.8 Å². The van der Waals surface area contributed by atoms with E-state index in [1.54, 1.807) is 0 Å². The first-order chi connectivity index (χ1) is 7.92. The highest BCUT2D eigenvalue weighted by atomic mass is 32.2. The van der Waals surface area contributed by atoms with E-state index in [9.17, 15) is 0 Å². The molecule has 0 radical (unpaired) electrons. The molecule has 1 aromatic heterocycles. The van der Waals surface area contributed by atoms with E-state index in [0.717, 1.165) is 17.2 Å². The average molecular weight is 250 g/mol. The molecule has 2 nitrogen and oxygen atoms in total. The van der Waals surface area contributed by atoms with Gasteiger partial charge in [0.15, 0.2) is 0 Å². The summed E-state index contributed by atoms with van der Waals surface area (Å²) in [5, 5.41) is 4.57. The summed E-state index contributed by atoms with van der Waals surface area (Å²) in [6, 6.07) is 8.38. The fourth-order valence-electron chi connectivity index (χ4n) is 1.76. The largest absolute Gasteiger partial charge is 0.316 e. The van der Waals surface area contributed by atoms with E-state index in [2.05, 4.69) is 34.6 Å². The summed E-state index contributed by atoms with van der Waals surface area (Å²) >= 11 is 3.84. The molecule has 84 valence electrons. The average Bonchev–Trinajstić information content (AvgIpc) is 2.64. The zero-order valence-corrected chi connectivity index (χ0v) is 10.6. The van der Waals surface area contributed by atoms with Crippen LogP contribution in [0.5, 0.6) is 0 Å². The SMILES string of the molecule is c1ccc2sc(CSCC3CNC3)nc2c1. The highest BCUT2D eigenvalue weighted by Gasteiger charge is 2.16. The molecule has 0 bridgehead atoms. The number of rotatable bonds is 4. The molecule has 4 heteroatoms. The Morgan fingerprint density at radius 3 is 3.00 bits per heavy atom. The maximum Gasteiger partial charge on any atom is 0.104 e. The molecule has 0 unspecified atom stereocenters. The molecule has 16 heavy (non-hydrogen) atoms. The summed E-state index contributed by atoms with van der Waals surface area (Å²) < 4.78 is 1.31. The summed E-state index contributed by atoms with van der Waals surface area (Å²) in [5.41, 5.74) is 1.15. The number of hydrogen-bond donors (Lipinski definition) is 1. The van der Waals surface area contributed by atoms with E-state index in [4.69, 9.17) is 0 Å². The van der Waals surface area contributed by atoms with Crippen molar-refractivity contribution in [3.8, 4) is 0 Å². The molecular weight excluding hydrogens is 236 g/mol.